The Kier molecular flexibility index (Phi) is 8.42. The second-order valence-electron chi connectivity index (χ2n) is 8.79. The standard InChI is InChI=1S/C25H30ClNO3S.ClH/c1-3-18-5-4-6-22(26)20(18)15-31-19-7-8-21-23(13-19)30-16-25(21)9-11-27(12-10-25)14-17(2)24(28)29;/h4-8,13,17H,3,9-12,14-16H2,1-2H3,(H,28,29);1H. The van der Waals surface area contributed by atoms with Crippen molar-refractivity contribution in [2.45, 2.75) is 49.2 Å². The number of nitrogens with zero attached hydrogens (tertiary/aromatic N) is 1. The molecule has 2 aromatic rings. The number of halogens is 2. The number of likely N-dealkylation sites (tertiary alicyclic amines) is 1. The fourth-order valence-corrected chi connectivity index (χ4v) is 6.08. The third-order valence-electron chi connectivity index (χ3n) is 6.78. The fraction of sp³-hybridized carbons (Fsp3) is 0.480. The van der Waals surface area contributed by atoms with E-state index >= 15 is 0 Å². The summed E-state index contributed by atoms with van der Waals surface area (Å²) in [5.74, 6) is 0.811. The Labute approximate surface area is 206 Å². The van der Waals surface area contributed by atoms with Gasteiger partial charge in [-0.3, -0.25) is 4.79 Å². The van der Waals surface area contributed by atoms with Gasteiger partial charge >= 0.3 is 5.97 Å². The van der Waals surface area contributed by atoms with Crippen molar-refractivity contribution in [1.82, 2.24) is 4.90 Å². The van der Waals surface area contributed by atoms with Gasteiger partial charge in [0.15, 0.2) is 0 Å². The van der Waals surface area contributed by atoms with Crippen LogP contribution in [0.4, 0.5) is 0 Å². The molecule has 4 rings (SSSR count). The number of aryl methyl sites for hydroxylation is 1. The van der Waals surface area contributed by atoms with Gasteiger partial charge in [0.25, 0.3) is 0 Å². The van der Waals surface area contributed by atoms with E-state index in [1.165, 1.54) is 21.6 Å². The number of ether oxygens (including phenoxy) is 1. The Morgan fingerprint density at radius 1 is 1.28 bits per heavy atom. The first-order valence-electron chi connectivity index (χ1n) is 11.0. The molecule has 2 aliphatic heterocycles. The molecule has 0 bridgehead atoms. The van der Waals surface area contributed by atoms with Crippen molar-refractivity contribution in [3.8, 4) is 5.75 Å². The maximum Gasteiger partial charge on any atom is 0.307 e. The highest BCUT2D eigenvalue weighted by Crippen LogP contribution is 2.47. The van der Waals surface area contributed by atoms with Gasteiger partial charge in [0.05, 0.1) is 12.5 Å². The van der Waals surface area contributed by atoms with Gasteiger partial charge in [-0.25, -0.2) is 0 Å². The quantitative estimate of drug-likeness (QED) is 0.472. The van der Waals surface area contributed by atoms with E-state index in [1.54, 1.807) is 18.7 Å². The minimum atomic E-state index is -0.720. The molecule has 174 valence electrons. The van der Waals surface area contributed by atoms with Crippen LogP contribution in [0.2, 0.25) is 5.02 Å². The molecule has 0 radical (unpaired) electrons. The number of carboxylic acid groups (broad SMARTS) is 1. The van der Waals surface area contributed by atoms with Gasteiger partial charge in [-0.1, -0.05) is 43.6 Å². The van der Waals surface area contributed by atoms with Gasteiger partial charge in [-0.05, 0) is 61.7 Å². The van der Waals surface area contributed by atoms with Crippen molar-refractivity contribution in [2.24, 2.45) is 5.92 Å². The highest BCUT2D eigenvalue weighted by molar-refractivity contribution is 7.98. The molecule has 1 atom stereocenters. The van der Waals surface area contributed by atoms with Gasteiger partial charge < -0.3 is 14.7 Å². The first-order chi connectivity index (χ1) is 14.9. The third kappa shape index (κ3) is 5.22. The molecule has 1 unspecified atom stereocenters. The van der Waals surface area contributed by atoms with Crippen molar-refractivity contribution < 1.29 is 14.6 Å². The average Bonchev–Trinajstić information content (AvgIpc) is 3.11. The van der Waals surface area contributed by atoms with Gasteiger partial charge in [0, 0.05) is 33.2 Å². The Bertz CT molecular complexity index is 960. The molecule has 0 aromatic heterocycles. The molecule has 32 heavy (non-hydrogen) atoms. The molecule has 2 aromatic carbocycles. The molecule has 1 spiro atoms. The molecule has 1 saturated heterocycles. The molecular weight excluding hydrogens is 465 g/mol. The number of thioether (sulfide) groups is 1. The first-order valence-corrected chi connectivity index (χ1v) is 12.4. The summed E-state index contributed by atoms with van der Waals surface area (Å²) in [6.07, 6.45) is 3.01. The van der Waals surface area contributed by atoms with Gasteiger partial charge in [-0.2, -0.15) is 0 Å². The lowest BCUT2D eigenvalue weighted by atomic mass is 9.74. The monoisotopic (exact) mass is 495 g/mol. The Hall–Kier alpha value is -1.40. The lowest BCUT2D eigenvalue weighted by Crippen LogP contribution is -2.45. The normalized spacial score (nSPS) is 18.0. The second kappa shape index (κ2) is 10.7. The molecular formula is C25H31Cl2NO3S. The van der Waals surface area contributed by atoms with Crippen molar-refractivity contribution in [3.63, 3.8) is 0 Å². The summed E-state index contributed by atoms with van der Waals surface area (Å²) in [6, 6.07) is 12.8. The Morgan fingerprint density at radius 2 is 2.03 bits per heavy atom. The molecule has 0 amide bonds. The lowest BCUT2D eigenvalue weighted by molar-refractivity contribution is -0.141. The van der Waals surface area contributed by atoms with Crippen molar-refractivity contribution >= 4 is 41.7 Å². The number of hydrogen-bond acceptors (Lipinski definition) is 4. The number of carbonyl (C=O) groups is 1. The molecule has 4 nitrogen and oxygen atoms in total. The number of benzene rings is 2. The third-order valence-corrected chi connectivity index (χ3v) is 8.15. The molecule has 0 aliphatic carbocycles. The van der Waals surface area contributed by atoms with E-state index in [1.807, 2.05) is 12.1 Å². The summed E-state index contributed by atoms with van der Waals surface area (Å²) >= 11 is 8.25. The first kappa shape index (κ1) is 25.2. The molecule has 1 fully saturated rings. The van der Waals surface area contributed by atoms with Crippen molar-refractivity contribution in [2.75, 3.05) is 26.2 Å². The maximum atomic E-state index is 11.2. The Balaban J connectivity index is 0.00000289. The molecule has 2 aliphatic rings. The number of hydrogen-bond donors (Lipinski definition) is 1. The van der Waals surface area contributed by atoms with Crippen LogP contribution in [0.15, 0.2) is 41.3 Å². The largest absolute Gasteiger partial charge is 0.492 e. The molecule has 1 N–H and O–H groups in total. The minimum Gasteiger partial charge on any atom is -0.492 e. The van der Waals surface area contributed by atoms with Gasteiger partial charge in [0.2, 0.25) is 0 Å². The topological polar surface area (TPSA) is 49.8 Å². The maximum absolute atomic E-state index is 11.2. The van der Waals surface area contributed by atoms with Gasteiger partial charge in [-0.15, -0.1) is 24.2 Å². The van der Waals surface area contributed by atoms with Crippen molar-refractivity contribution in [3.05, 3.63) is 58.1 Å². The number of rotatable bonds is 7. The summed E-state index contributed by atoms with van der Waals surface area (Å²) in [5, 5.41) is 10.0. The summed E-state index contributed by atoms with van der Waals surface area (Å²) in [5.41, 5.74) is 3.91. The van der Waals surface area contributed by atoms with E-state index in [-0.39, 0.29) is 23.7 Å². The smallest absolute Gasteiger partial charge is 0.307 e. The van der Waals surface area contributed by atoms with E-state index < -0.39 is 5.97 Å². The van der Waals surface area contributed by atoms with Crippen LogP contribution < -0.4 is 4.74 Å². The van der Waals surface area contributed by atoms with Crippen LogP contribution >= 0.6 is 35.8 Å². The second-order valence-corrected chi connectivity index (χ2v) is 10.2. The average molecular weight is 497 g/mol. The van der Waals surface area contributed by atoms with E-state index in [0.717, 1.165) is 55.5 Å². The zero-order valence-corrected chi connectivity index (χ0v) is 21.0. The zero-order valence-electron chi connectivity index (χ0n) is 18.6. The highest BCUT2D eigenvalue weighted by Gasteiger charge is 2.43. The van der Waals surface area contributed by atoms with Crippen LogP contribution in [0.1, 0.15) is 43.4 Å². The Morgan fingerprint density at radius 3 is 2.72 bits per heavy atom. The van der Waals surface area contributed by atoms with E-state index in [0.29, 0.717) is 6.54 Å². The summed E-state index contributed by atoms with van der Waals surface area (Å²) in [4.78, 5) is 14.6. The van der Waals surface area contributed by atoms with Crippen LogP contribution in [0, 0.1) is 5.92 Å². The minimum absolute atomic E-state index is 0. The highest BCUT2D eigenvalue weighted by atomic mass is 35.5. The fourth-order valence-electron chi connectivity index (χ4n) is 4.74. The van der Waals surface area contributed by atoms with E-state index in [9.17, 15) is 9.90 Å². The molecule has 7 heteroatoms. The molecule has 2 heterocycles. The number of piperidine rings is 1. The van der Waals surface area contributed by atoms with E-state index in [4.69, 9.17) is 16.3 Å². The molecule has 0 saturated carbocycles. The van der Waals surface area contributed by atoms with Crippen LogP contribution in [-0.4, -0.2) is 42.2 Å². The predicted molar refractivity (Wildman–Crippen MR) is 134 cm³/mol. The number of aliphatic carboxylic acids is 1. The predicted octanol–water partition coefficient (Wildman–Crippen LogP) is 6.06. The van der Waals surface area contributed by atoms with Crippen LogP contribution in [0.25, 0.3) is 0 Å². The van der Waals surface area contributed by atoms with Crippen LogP contribution in [0.3, 0.4) is 0 Å². The van der Waals surface area contributed by atoms with Crippen LogP contribution in [-0.2, 0) is 22.4 Å². The van der Waals surface area contributed by atoms with E-state index in [2.05, 4.69) is 36.1 Å². The number of carboxylic acids is 1. The SMILES string of the molecule is CCc1cccc(Cl)c1CSc1ccc2c(c1)OCC21CCN(CC(C)C(=O)O)CC1.Cl. The van der Waals surface area contributed by atoms with Crippen molar-refractivity contribution in [1.29, 1.82) is 0 Å². The number of fused-ring (bicyclic) bond motifs is 2. The lowest BCUT2D eigenvalue weighted by Gasteiger charge is -2.39. The summed E-state index contributed by atoms with van der Waals surface area (Å²) < 4.78 is 6.16. The van der Waals surface area contributed by atoms with Crippen LogP contribution in [0.5, 0.6) is 5.75 Å². The summed E-state index contributed by atoms with van der Waals surface area (Å²) in [7, 11) is 0. The zero-order chi connectivity index (χ0) is 22.0. The van der Waals surface area contributed by atoms with Gasteiger partial charge in [0.1, 0.15) is 5.75 Å². The summed E-state index contributed by atoms with van der Waals surface area (Å²) in [6.45, 7) is 7.13.